The molecule has 0 amide bonds. The molecule has 0 saturated carbocycles. The van der Waals surface area contributed by atoms with Crippen molar-refractivity contribution in [2.24, 2.45) is 0 Å². The van der Waals surface area contributed by atoms with E-state index in [9.17, 15) is 0 Å². The molecular weight excluding hydrogens is 288 g/mol. The molecule has 1 aromatic carbocycles. The largest absolute Gasteiger partial charge is 0.354 e. The Balaban J connectivity index is 1.95. The van der Waals surface area contributed by atoms with Crippen LogP contribution < -0.4 is 10.6 Å². The van der Waals surface area contributed by atoms with Crippen molar-refractivity contribution in [3.8, 4) is 0 Å². The van der Waals surface area contributed by atoms with Crippen LogP contribution in [0.2, 0.25) is 5.02 Å². The third-order valence-electron chi connectivity index (χ3n) is 2.93. The molecule has 2 heterocycles. The molecule has 7 heteroatoms. The first-order valence-corrected chi connectivity index (χ1v) is 7.11. The fourth-order valence-corrected chi connectivity index (χ4v) is 2.04. The molecule has 108 valence electrons. The number of hydrogen-bond acceptors (Lipinski definition) is 5. The molecule has 6 nitrogen and oxygen atoms in total. The zero-order chi connectivity index (χ0) is 14.7. The Bertz CT molecular complexity index is 737. The van der Waals surface area contributed by atoms with Gasteiger partial charge in [-0.3, -0.25) is 0 Å². The molecule has 3 aromatic rings. The Hall–Kier alpha value is -2.34. The van der Waals surface area contributed by atoms with E-state index in [1.807, 2.05) is 24.3 Å². The predicted octanol–water partition coefficient (Wildman–Crippen LogP) is 3.57. The average Bonchev–Trinajstić information content (AvgIpc) is 2.96. The van der Waals surface area contributed by atoms with Crippen LogP contribution in [0.25, 0.3) is 11.2 Å². The van der Waals surface area contributed by atoms with Gasteiger partial charge in [0.2, 0.25) is 5.95 Å². The lowest BCUT2D eigenvalue weighted by atomic mass is 10.3. The molecule has 0 spiro atoms. The van der Waals surface area contributed by atoms with Crippen molar-refractivity contribution in [2.45, 2.75) is 13.3 Å². The van der Waals surface area contributed by atoms with Gasteiger partial charge < -0.3 is 15.6 Å². The maximum atomic E-state index is 5.90. The molecule has 3 rings (SSSR count). The van der Waals surface area contributed by atoms with E-state index in [1.165, 1.54) is 0 Å². The molecule has 0 unspecified atom stereocenters. The molecule has 0 aliphatic carbocycles. The van der Waals surface area contributed by atoms with E-state index >= 15 is 0 Å². The molecule has 0 radical (unpaired) electrons. The highest BCUT2D eigenvalue weighted by Crippen LogP contribution is 2.23. The summed E-state index contributed by atoms with van der Waals surface area (Å²) in [5.41, 5.74) is 2.29. The summed E-state index contributed by atoms with van der Waals surface area (Å²) in [6, 6.07) is 7.44. The molecule has 0 fully saturated rings. The van der Waals surface area contributed by atoms with Crippen molar-refractivity contribution in [3.05, 3.63) is 35.6 Å². The van der Waals surface area contributed by atoms with Crippen molar-refractivity contribution in [3.63, 3.8) is 0 Å². The van der Waals surface area contributed by atoms with Crippen LogP contribution in [-0.2, 0) is 0 Å². The Morgan fingerprint density at radius 2 is 2.00 bits per heavy atom. The second-order valence-electron chi connectivity index (χ2n) is 4.56. The summed E-state index contributed by atoms with van der Waals surface area (Å²) in [6.07, 6.45) is 2.61. The van der Waals surface area contributed by atoms with E-state index in [4.69, 9.17) is 11.6 Å². The third-order valence-corrected chi connectivity index (χ3v) is 3.18. The van der Waals surface area contributed by atoms with Gasteiger partial charge >= 0.3 is 0 Å². The summed E-state index contributed by atoms with van der Waals surface area (Å²) < 4.78 is 0. The number of fused-ring (bicyclic) bond motifs is 1. The van der Waals surface area contributed by atoms with Crippen molar-refractivity contribution in [2.75, 3.05) is 17.2 Å². The van der Waals surface area contributed by atoms with Gasteiger partial charge in [-0.05, 0) is 30.7 Å². The van der Waals surface area contributed by atoms with Gasteiger partial charge in [0.15, 0.2) is 11.5 Å². The minimum atomic E-state index is 0.563. The van der Waals surface area contributed by atoms with E-state index in [0.717, 1.165) is 24.2 Å². The lowest BCUT2D eigenvalue weighted by Gasteiger charge is -2.09. The summed E-state index contributed by atoms with van der Waals surface area (Å²) in [7, 11) is 0. The van der Waals surface area contributed by atoms with Gasteiger partial charge in [0.05, 0.1) is 6.33 Å². The maximum absolute atomic E-state index is 5.90. The first-order chi connectivity index (χ1) is 10.3. The fourth-order valence-electron chi connectivity index (χ4n) is 1.91. The smallest absolute Gasteiger partial charge is 0.226 e. The second-order valence-corrected chi connectivity index (χ2v) is 4.99. The summed E-state index contributed by atoms with van der Waals surface area (Å²) >= 11 is 5.90. The summed E-state index contributed by atoms with van der Waals surface area (Å²) in [5, 5.41) is 7.13. The molecule has 3 N–H and O–H groups in total. The Kier molecular flexibility index (Phi) is 3.87. The van der Waals surface area contributed by atoms with E-state index in [1.54, 1.807) is 6.33 Å². The number of hydrogen-bond donors (Lipinski definition) is 3. The Morgan fingerprint density at radius 1 is 1.19 bits per heavy atom. The number of aromatic amines is 1. The van der Waals surface area contributed by atoms with Crippen LogP contribution >= 0.6 is 11.6 Å². The highest BCUT2D eigenvalue weighted by molar-refractivity contribution is 6.30. The zero-order valence-electron chi connectivity index (χ0n) is 11.5. The minimum absolute atomic E-state index is 0.563. The predicted molar refractivity (Wildman–Crippen MR) is 85.2 cm³/mol. The van der Waals surface area contributed by atoms with Crippen LogP contribution in [0, 0.1) is 0 Å². The number of nitrogens with zero attached hydrogens (tertiary/aromatic N) is 3. The molecule has 0 saturated heterocycles. The van der Waals surface area contributed by atoms with E-state index in [-0.39, 0.29) is 0 Å². The number of aromatic nitrogens is 4. The number of nitrogens with one attached hydrogen (secondary N) is 3. The number of rotatable bonds is 5. The lowest BCUT2D eigenvalue weighted by molar-refractivity contribution is 0.956. The summed E-state index contributed by atoms with van der Waals surface area (Å²) in [6.45, 7) is 2.91. The quantitative estimate of drug-likeness (QED) is 0.671. The van der Waals surface area contributed by atoms with Crippen LogP contribution in [-0.4, -0.2) is 26.5 Å². The molecular formula is C14H15ClN6. The molecule has 0 aliphatic rings. The zero-order valence-corrected chi connectivity index (χ0v) is 12.3. The fraction of sp³-hybridized carbons (Fsp3) is 0.214. The van der Waals surface area contributed by atoms with Gasteiger partial charge in [0, 0.05) is 17.3 Å². The van der Waals surface area contributed by atoms with Crippen molar-refractivity contribution < 1.29 is 0 Å². The van der Waals surface area contributed by atoms with Gasteiger partial charge in [-0.1, -0.05) is 18.5 Å². The standard InChI is InChI=1S/C14H15ClN6/c1-2-7-16-14-20-12-11(17-8-18-12)13(21-14)19-10-5-3-9(15)4-6-10/h3-6,8H,2,7H2,1H3,(H3,16,17,18,19,20,21). The normalized spacial score (nSPS) is 10.8. The summed E-state index contributed by atoms with van der Waals surface area (Å²) in [5.74, 6) is 1.24. The van der Waals surface area contributed by atoms with Crippen molar-refractivity contribution in [1.82, 2.24) is 19.9 Å². The lowest BCUT2D eigenvalue weighted by Crippen LogP contribution is -2.06. The van der Waals surface area contributed by atoms with Gasteiger partial charge in [0.1, 0.15) is 5.52 Å². The molecule has 21 heavy (non-hydrogen) atoms. The monoisotopic (exact) mass is 302 g/mol. The van der Waals surface area contributed by atoms with Crippen LogP contribution in [0.3, 0.4) is 0 Å². The highest BCUT2D eigenvalue weighted by atomic mass is 35.5. The molecule has 0 aliphatic heterocycles. The van der Waals surface area contributed by atoms with Gasteiger partial charge in [0.25, 0.3) is 0 Å². The second kappa shape index (κ2) is 5.97. The van der Waals surface area contributed by atoms with Gasteiger partial charge in [-0.25, -0.2) is 4.98 Å². The first kappa shape index (κ1) is 13.6. The minimum Gasteiger partial charge on any atom is -0.354 e. The summed E-state index contributed by atoms with van der Waals surface area (Å²) in [4.78, 5) is 16.1. The van der Waals surface area contributed by atoms with Crippen LogP contribution in [0.5, 0.6) is 0 Å². The number of benzene rings is 1. The van der Waals surface area contributed by atoms with Crippen LogP contribution in [0.1, 0.15) is 13.3 Å². The molecule has 0 atom stereocenters. The SMILES string of the molecule is CCCNc1nc(Nc2ccc(Cl)cc2)c2[nH]cnc2n1. The highest BCUT2D eigenvalue weighted by Gasteiger charge is 2.10. The number of imidazole rings is 1. The molecule has 2 aromatic heterocycles. The third kappa shape index (κ3) is 3.05. The number of anilines is 3. The Morgan fingerprint density at radius 3 is 2.76 bits per heavy atom. The van der Waals surface area contributed by atoms with E-state index < -0.39 is 0 Å². The maximum Gasteiger partial charge on any atom is 0.226 e. The number of H-pyrrole nitrogens is 1. The number of halogens is 1. The van der Waals surface area contributed by atoms with Gasteiger partial charge in [-0.15, -0.1) is 0 Å². The van der Waals surface area contributed by atoms with E-state index in [0.29, 0.717) is 22.4 Å². The van der Waals surface area contributed by atoms with Crippen molar-refractivity contribution >= 4 is 40.2 Å². The first-order valence-electron chi connectivity index (χ1n) is 6.74. The molecule has 0 bridgehead atoms. The Labute approximate surface area is 127 Å². The van der Waals surface area contributed by atoms with E-state index in [2.05, 4.69) is 37.5 Å². The van der Waals surface area contributed by atoms with Crippen molar-refractivity contribution in [1.29, 1.82) is 0 Å². The average molecular weight is 303 g/mol. The van der Waals surface area contributed by atoms with Crippen LogP contribution in [0.4, 0.5) is 17.5 Å². The van der Waals surface area contributed by atoms with Crippen LogP contribution in [0.15, 0.2) is 30.6 Å². The van der Waals surface area contributed by atoms with Gasteiger partial charge in [-0.2, -0.15) is 9.97 Å². The topological polar surface area (TPSA) is 78.5 Å².